The molecule has 1 atom stereocenters. The summed E-state index contributed by atoms with van der Waals surface area (Å²) in [5.41, 5.74) is 4.19. The van der Waals surface area contributed by atoms with Gasteiger partial charge in [-0.25, -0.2) is 4.98 Å². The number of carbonyl (C=O) groups is 1. The van der Waals surface area contributed by atoms with Crippen molar-refractivity contribution in [3.05, 3.63) is 106 Å². The van der Waals surface area contributed by atoms with E-state index in [-0.39, 0.29) is 11.5 Å². The predicted octanol–water partition coefficient (Wildman–Crippen LogP) is 7.04. The van der Waals surface area contributed by atoms with Crippen molar-refractivity contribution in [2.24, 2.45) is 0 Å². The molecule has 4 rings (SSSR count). The van der Waals surface area contributed by atoms with Gasteiger partial charge < -0.3 is 4.90 Å². The van der Waals surface area contributed by atoms with Gasteiger partial charge >= 0.3 is 0 Å². The van der Waals surface area contributed by atoms with Gasteiger partial charge in [-0.3, -0.25) is 14.2 Å². The van der Waals surface area contributed by atoms with Gasteiger partial charge in [-0.05, 0) is 62.6 Å². The first-order chi connectivity index (χ1) is 18.0. The average Bonchev–Trinajstić information content (AvgIpc) is 2.93. The molecule has 0 bridgehead atoms. The van der Waals surface area contributed by atoms with Gasteiger partial charge in [0.25, 0.3) is 11.5 Å². The number of rotatable bonds is 10. The van der Waals surface area contributed by atoms with Crippen LogP contribution in [-0.2, 0) is 6.42 Å². The molecule has 37 heavy (non-hydrogen) atoms. The second-order valence-corrected chi connectivity index (χ2v) is 9.71. The first kappa shape index (κ1) is 26.3. The quantitative estimate of drug-likeness (QED) is 0.222. The molecule has 4 aromatic rings. The van der Waals surface area contributed by atoms with Crippen LogP contribution in [0.15, 0.2) is 77.6 Å². The number of hydrogen-bond donors (Lipinski definition) is 0. The van der Waals surface area contributed by atoms with Crippen molar-refractivity contribution in [2.45, 2.75) is 65.8 Å². The third kappa shape index (κ3) is 5.66. The standard InChI is InChI=1S/C32H37N3O2/c1-5-7-8-13-22-34(31(36)26-20-18-23(3)19-21-26)24(4)30-33-28-16-11-10-15-27(28)32(37)35(30)29-17-12-9-14-25(29)6-2/h9-12,14-21,24H,5-8,13,22H2,1-4H3. The van der Waals surface area contributed by atoms with Gasteiger partial charge in [-0.15, -0.1) is 0 Å². The lowest BCUT2D eigenvalue weighted by Crippen LogP contribution is -2.38. The summed E-state index contributed by atoms with van der Waals surface area (Å²) in [4.78, 5) is 34.7. The highest BCUT2D eigenvalue weighted by molar-refractivity contribution is 5.94. The van der Waals surface area contributed by atoms with E-state index in [1.807, 2.05) is 91.5 Å². The Morgan fingerprint density at radius 2 is 1.62 bits per heavy atom. The molecule has 5 nitrogen and oxygen atoms in total. The third-order valence-corrected chi connectivity index (χ3v) is 7.07. The molecule has 0 aliphatic rings. The summed E-state index contributed by atoms with van der Waals surface area (Å²) in [5, 5.41) is 0.573. The van der Waals surface area contributed by atoms with E-state index in [1.165, 1.54) is 0 Å². The van der Waals surface area contributed by atoms with Crippen molar-refractivity contribution in [1.82, 2.24) is 14.5 Å². The first-order valence-corrected chi connectivity index (χ1v) is 13.4. The maximum Gasteiger partial charge on any atom is 0.266 e. The highest BCUT2D eigenvalue weighted by Gasteiger charge is 2.28. The fourth-order valence-corrected chi connectivity index (χ4v) is 4.87. The minimum atomic E-state index is -0.405. The van der Waals surface area contributed by atoms with Crippen LogP contribution in [0.5, 0.6) is 0 Å². The molecule has 1 aromatic heterocycles. The van der Waals surface area contributed by atoms with Crippen molar-refractivity contribution in [3.8, 4) is 5.69 Å². The van der Waals surface area contributed by atoms with Crippen LogP contribution in [0, 0.1) is 6.92 Å². The van der Waals surface area contributed by atoms with Gasteiger partial charge in [-0.2, -0.15) is 0 Å². The lowest BCUT2D eigenvalue weighted by atomic mass is 10.1. The fraction of sp³-hybridized carbons (Fsp3) is 0.344. The smallest absolute Gasteiger partial charge is 0.266 e. The van der Waals surface area contributed by atoms with Crippen molar-refractivity contribution in [2.75, 3.05) is 6.54 Å². The lowest BCUT2D eigenvalue weighted by molar-refractivity contribution is 0.0677. The minimum Gasteiger partial charge on any atom is -0.329 e. The summed E-state index contributed by atoms with van der Waals surface area (Å²) in [7, 11) is 0. The zero-order chi connectivity index (χ0) is 26.4. The van der Waals surface area contributed by atoms with Gasteiger partial charge in [0, 0.05) is 12.1 Å². The highest BCUT2D eigenvalue weighted by Crippen LogP contribution is 2.26. The molecule has 0 aliphatic carbocycles. The van der Waals surface area contributed by atoms with E-state index < -0.39 is 6.04 Å². The van der Waals surface area contributed by atoms with E-state index >= 15 is 0 Å². The normalized spacial score (nSPS) is 12.0. The number of carbonyl (C=O) groups excluding carboxylic acids is 1. The Labute approximate surface area is 219 Å². The van der Waals surface area contributed by atoms with Gasteiger partial charge in [0.05, 0.1) is 22.6 Å². The topological polar surface area (TPSA) is 55.2 Å². The molecule has 1 amide bonds. The second-order valence-electron chi connectivity index (χ2n) is 9.71. The van der Waals surface area contributed by atoms with E-state index in [0.717, 1.165) is 48.9 Å². The molecule has 5 heteroatoms. The number of fused-ring (bicyclic) bond motifs is 1. The Kier molecular flexibility index (Phi) is 8.54. The van der Waals surface area contributed by atoms with Crippen LogP contribution in [0.1, 0.15) is 79.8 Å². The van der Waals surface area contributed by atoms with Crippen molar-refractivity contribution < 1.29 is 4.79 Å². The Morgan fingerprint density at radius 3 is 2.35 bits per heavy atom. The summed E-state index contributed by atoms with van der Waals surface area (Å²) in [6, 6.07) is 22.7. The van der Waals surface area contributed by atoms with Gasteiger partial charge in [-0.1, -0.05) is 81.1 Å². The number of nitrogens with zero attached hydrogens (tertiary/aromatic N) is 3. The summed E-state index contributed by atoms with van der Waals surface area (Å²) >= 11 is 0. The molecule has 0 aliphatic heterocycles. The Bertz CT molecular complexity index is 1420. The molecule has 0 saturated heterocycles. The Balaban J connectivity index is 1.88. The van der Waals surface area contributed by atoms with Crippen LogP contribution in [0.4, 0.5) is 0 Å². The van der Waals surface area contributed by atoms with Crippen molar-refractivity contribution in [3.63, 3.8) is 0 Å². The van der Waals surface area contributed by atoms with Gasteiger partial charge in [0.15, 0.2) is 0 Å². The number of unbranched alkanes of at least 4 members (excludes halogenated alkanes) is 3. The third-order valence-electron chi connectivity index (χ3n) is 7.07. The first-order valence-electron chi connectivity index (χ1n) is 13.4. The highest BCUT2D eigenvalue weighted by atomic mass is 16.2. The molecule has 1 heterocycles. The Hall–Kier alpha value is -3.73. The largest absolute Gasteiger partial charge is 0.329 e. The van der Waals surface area contributed by atoms with E-state index in [4.69, 9.17) is 4.98 Å². The number of aromatic nitrogens is 2. The molecule has 0 N–H and O–H groups in total. The number of benzene rings is 3. The van der Waals surface area contributed by atoms with Gasteiger partial charge in [0.2, 0.25) is 0 Å². The molecular formula is C32H37N3O2. The minimum absolute atomic E-state index is 0.0401. The molecule has 3 aromatic carbocycles. The van der Waals surface area contributed by atoms with Crippen LogP contribution in [0.25, 0.3) is 16.6 Å². The van der Waals surface area contributed by atoms with Crippen molar-refractivity contribution in [1.29, 1.82) is 0 Å². The van der Waals surface area contributed by atoms with Crippen LogP contribution in [0.2, 0.25) is 0 Å². The summed E-state index contributed by atoms with van der Waals surface area (Å²) < 4.78 is 1.73. The van der Waals surface area contributed by atoms with Crippen LogP contribution >= 0.6 is 0 Å². The van der Waals surface area contributed by atoms with Crippen LogP contribution in [0.3, 0.4) is 0 Å². The lowest BCUT2D eigenvalue weighted by Gasteiger charge is -2.31. The summed E-state index contributed by atoms with van der Waals surface area (Å²) in [5.74, 6) is 0.544. The molecular weight excluding hydrogens is 458 g/mol. The number of hydrogen-bond acceptors (Lipinski definition) is 3. The molecule has 0 fully saturated rings. The SMILES string of the molecule is CCCCCCN(C(=O)c1ccc(C)cc1)C(C)c1nc2ccccc2c(=O)n1-c1ccccc1CC. The number of para-hydroxylation sites is 2. The van der Waals surface area contributed by atoms with Gasteiger partial charge in [0.1, 0.15) is 5.82 Å². The van der Waals surface area contributed by atoms with Crippen LogP contribution < -0.4 is 5.56 Å². The second kappa shape index (κ2) is 12.0. The van der Waals surface area contributed by atoms with E-state index in [0.29, 0.717) is 28.8 Å². The molecule has 192 valence electrons. The molecule has 1 unspecified atom stereocenters. The maximum absolute atomic E-state index is 13.9. The predicted molar refractivity (Wildman–Crippen MR) is 151 cm³/mol. The number of amides is 1. The average molecular weight is 496 g/mol. The van der Waals surface area contributed by atoms with E-state index in [9.17, 15) is 9.59 Å². The fourth-order valence-electron chi connectivity index (χ4n) is 4.87. The monoisotopic (exact) mass is 495 g/mol. The zero-order valence-corrected chi connectivity index (χ0v) is 22.4. The number of aryl methyl sites for hydroxylation is 2. The maximum atomic E-state index is 13.9. The molecule has 0 radical (unpaired) electrons. The molecule has 0 saturated carbocycles. The molecule has 0 spiro atoms. The van der Waals surface area contributed by atoms with Crippen molar-refractivity contribution >= 4 is 16.8 Å². The Morgan fingerprint density at radius 1 is 0.919 bits per heavy atom. The summed E-state index contributed by atoms with van der Waals surface area (Å²) in [6.07, 6.45) is 4.99. The van der Waals surface area contributed by atoms with Crippen LogP contribution in [-0.4, -0.2) is 26.9 Å². The van der Waals surface area contributed by atoms with E-state index in [2.05, 4.69) is 13.8 Å². The summed E-state index contributed by atoms with van der Waals surface area (Å²) in [6.45, 7) is 8.88. The zero-order valence-electron chi connectivity index (χ0n) is 22.4. The van der Waals surface area contributed by atoms with E-state index in [1.54, 1.807) is 4.57 Å².